The normalized spacial score (nSPS) is 11.5. The van der Waals surface area contributed by atoms with Crippen molar-refractivity contribution < 1.29 is 14.3 Å². The third-order valence-electron chi connectivity index (χ3n) is 2.64. The second kappa shape index (κ2) is 11.7. The van der Waals surface area contributed by atoms with Gasteiger partial charge in [-0.15, -0.1) is 12.4 Å². The first kappa shape index (κ1) is 18.9. The molecule has 1 aromatic rings. The van der Waals surface area contributed by atoms with E-state index >= 15 is 0 Å². The average molecular weight is 303 g/mol. The van der Waals surface area contributed by atoms with Crippen LogP contribution in [0.15, 0.2) is 30.3 Å². The van der Waals surface area contributed by atoms with Gasteiger partial charge in [0.15, 0.2) is 0 Å². The van der Waals surface area contributed by atoms with Gasteiger partial charge in [0.2, 0.25) is 5.91 Å². The van der Waals surface area contributed by atoms with Crippen molar-refractivity contribution in [2.75, 3.05) is 33.5 Å². The van der Waals surface area contributed by atoms with Crippen LogP contribution in [0.4, 0.5) is 0 Å². The molecule has 1 unspecified atom stereocenters. The fraction of sp³-hybridized carbons (Fsp3) is 0.500. The molecule has 1 rings (SSSR count). The van der Waals surface area contributed by atoms with Crippen molar-refractivity contribution in [3.05, 3.63) is 35.9 Å². The third kappa shape index (κ3) is 7.45. The minimum Gasteiger partial charge on any atom is -0.382 e. The molecule has 1 atom stereocenters. The molecule has 20 heavy (non-hydrogen) atoms. The van der Waals surface area contributed by atoms with E-state index in [2.05, 4.69) is 5.32 Å². The van der Waals surface area contributed by atoms with E-state index in [1.54, 1.807) is 7.11 Å². The second-order valence-electron chi connectivity index (χ2n) is 4.14. The first-order valence-corrected chi connectivity index (χ1v) is 6.40. The maximum Gasteiger partial charge on any atom is 0.241 e. The molecule has 5 nitrogen and oxygen atoms in total. The van der Waals surface area contributed by atoms with E-state index in [0.29, 0.717) is 26.4 Å². The van der Waals surface area contributed by atoms with Crippen LogP contribution in [-0.4, -0.2) is 39.4 Å². The Kier molecular flexibility index (Phi) is 11.0. The monoisotopic (exact) mass is 302 g/mol. The largest absolute Gasteiger partial charge is 0.382 e. The standard InChI is InChI=1S/C14H22N2O3.ClH/c1-18-10-11-19-9-5-8-16-14(17)13(15)12-6-3-2-4-7-12;/h2-4,6-7,13H,5,8-11,15H2,1H3,(H,16,17);1H. The van der Waals surface area contributed by atoms with E-state index in [-0.39, 0.29) is 18.3 Å². The predicted octanol–water partition coefficient (Wildman–Crippen LogP) is 1.28. The Morgan fingerprint density at radius 1 is 1.25 bits per heavy atom. The molecular weight excluding hydrogens is 280 g/mol. The first-order chi connectivity index (χ1) is 9.25. The first-order valence-electron chi connectivity index (χ1n) is 6.40. The van der Waals surface area contributed by atoms with Gasteiger partial charge < -0.3 is 20.5 Å². The lowest BCUT2D eigenvalue weighted by molar-refractivity contribution is -0.122. The average Bonchev–Trinajstić information content (AvgIpc) is 2.46. The maximum absolute atomic E-state index is 11.8. The Labute approximate surface area is 126 Å². The molecule has 0 aliphatic heterocycles. The summed E-state index contributed by atoms with van der Waals surface area (Å²) in [5.74, 6) is -0.164. The number of halogens is 1. The van der Waals surface area contributed by atoms with Gasteiger partial charge in [0.05, 0.1) is 13.2 Å². The van der Waals surface area contributed by atoms with Crippen molar-refractivity contribution >= 4 is 18.3 Å². The summed E-state index contributed by atoms with van der Waals surface area (Å²) in [5.41, 5.74) is 6.68. The third-order valence-corrected chi connectivity index (χ3v) is 2.64. The van der Waals surface area contributed by atoms with E-state index in [1.807, 2.05) is 30.3 Å². The smallest absolute Gasteiger partial charge is 0.241 e. The molecule has 3 N–H and O–H groups in total. The highest BCUT2D eigenvalue weighted by Gasteiger charge is 2.14. The highest BCUT2D eigenvalue weighted by molar-refractivity contribution is 5.85. The van der Waals surface area contributed by atoms with Crippen molar-refractivity contribution in [1.82, 2.24) is 5.32 Å². The summed E-state index contributed by atoms with van der Waals surface area (Å²) in [6, 6.07) is 8.70. The maximum atomic E-state index is 11.8. The van der Waals surface area contributed by atoms with Gasteiger partial charge in [0.25, 0.3) is 0 Å². The summed E-state index contributed by atoms with van der Waals surface area (Å²) in [5, 5.41) is 2.80. The van der Waals surface area contributed by atoms with Crippen molar-refractivity contribution in [1.29, 1.82) is 0 Å². The van der Waals surface area contributed by atoms with E-state index in [0.717, 1.165) is 12.0 Å². The van der Waals surface area contributed by atoms with Crippen molar-refractivity contribution in [2.24, 2.45) is 5.73 Å². The van der Waals surface area contributed by atoms with Gasteiger partial charge in [-0.05, 0) is 12.0 Å². The summed E-state index contributed by atoms with van der Waals surface area (Å²) in [6.07, 6.45) is 0.761. The quantitative estimate of drug-likeness (QED) is 0.674. The molecule has 0 saturated carbocycles. The van der Waals surface area contributed by atoms with Crippen LogP contribution in [0.3, 0.4) is 0 Å². The summed E-state index contributed by atoms with van der Waals surface area (Å²) >= 11 is 0. The van der Waals surface area contributed by atoms with Crippen LogP contribution in [-0.2, 0) is 14.3 Å². The van der Waals surface area contributed by atoms with Crippen molar-refractivity contribution in [3.8, 4) is 0 Å². The molecule has 1 amide bonds. The lowest BCUT2D eigenvalue weighted by Gasteiger charge is -2.12. The Hall–Kier alpha value is -1.14. The van der Waals surface area contributed by atoms with Gasteiger partial charge >= 0.3 is 0 Å². The molecule has 0 aromatic heterocycles. The van der Waals surface area contributed by atoms with Crippen LogP contribution in [0.25, 0.3) is 0 Å². The van der Waals surface area contributed by atoms with Crippen LogP contribution < -0.4 is 11.1 Å². The number of nitrogens with one attached hydrogen (secondary N) is 1. The molecule has 114 valence electrons. The molecule has 0 saturated heterocycles. The number of carbonyl (C=O) groups excluding carboxylic acids is 1. The van der Waals surface area contributed by atoms with E-state index in [4.69, 9.17) is 15.2 Å². The lowest BCUT2D eigenvalue weighted by atomic mass is 10.1. The zero-order valence-corrected chi connectivity index (χ0v) is 12.5. The molecule has 6 heteroatoms. The molecule has 0 fully saturated rings. The van der Waals surface area contributed by atoms with Gasteiger partial charge in [-0.2, -0.15) is 0 Å². The number of nitrogens with two attached hydrogens (primary N) is 1. The zero-order chi connectivity index (χ0) is 13.9. The highest BCUT2D eigenvalue weighted by Crippen LogP contribution is 2.08. The number of benzene rings is 1. The number of methoxy groups -OCH3 is 1. The fourth-order valence-corrected chi connectivity index (χ4v) is 1.55. The molecule has 0 radical (unpaired) electrons. The van der Waals surface area contributed by atoms with E-state index < -0.39 is 6.04 Å². The van der Waals surface area contributed by atoms with Gasteiger partial charge in [-0.1, -0.05) is 30.3 Å². The summed E-state index contributed by atoms with van der Waals surface area (Å²) in [6.45, 7) is 2.33. The number of amides is 1. The van der Waals surface area contributed by atoms with Gasteiger partial charge in [-0.3, -0.25) is 4.79 Å². The highest BCUT2D eigenvalue weighted by atomic mass is 35.5. The topological polar surface area (TPSA) is 73.6 Å². The zero-order valence-electron chi connectivity index (χ0n) is 11.7. The SMILES string of the molecule is COCCOCCCNC(=O)C(N)c1ccccc1.Cl. The number of carbonyl (C=O) groups is 1. The summed E-state index contributed by atoms with van der Waals surface area (Å²) < 4.78 is 10.1. The number of hydrogen-bond acceptors (Lipinski definition) is 4. The van der Waals surface area contributed by atoms with Crippen LogP contribution in [0, 0.1) is 0 Å². The van der Waals surface area contributed by atoms with Crippen LogP contribution >= 0.6 is 12.4 Å². The van der Waals surface area contributed by atoms with Gasteiger partial charge in [0.1, 0.15) is 6.04 Å². The fourth-order valence-electron chi connectivity index (χ4n) is 1.55. The Morgan fingerprint density at radius 3 is 2.60 bits per heavy atom. The summed E-state index contributed by atoms with van der Waals surface area (Å²) in [7, 11) is 1.63. The summed E-state index contributed by atoms with van der Waals surface area (Å²) in [4.78, 5) is 11.8. The number of rotatable bonds is 9. The van der Waals surface area contributed by atoms with Crippen molar-refractivity contribution in [3.63, 3.8) is 0 Å². The Bertz CT molecular complexity index is 363. The Morgan fingerprint density at radius 2 is 1.95 bits per heavy atom. The molecule has 0 heterocycles. The molecule has 0 spiro atoms. The van der Waals surface area contributed by atoms with E-state index in [1.165, 1.54) is 0 Å². The predicted molar refractivity (Wildman–Crippen MR) is 80.9 cm³/mol. The minimum absolute atomic E-state index is 0. The molecular formula is C14H23ClN2O3. The van der Waals surface area contributed by atoms with Crippen LogP contribution in [0.1, 0.15) is 18.0 Å². The molecule has 1 aromatic carbocycles. The molecule has 0 aliphatic carbocycles. The van der Waals surface area contributed by atoms with Gasteiger partial charge in [-0.25, -0.2) is 0 Å². The molecule has 0 aliphatic rings. The van der Waals surface area contributed by atoms with Gasteiger partial charge in [0, 0.05) is 20.3 Å². The van der Waals surface area contributed by atoms with Crippen LogP contribution in [0.2, 0.25) is 0 Å². The van der Waals surface area contributed by atoms with Crippen molar-refractivity contribution in [2.45, 2.75) is 12.5 Å². The number of hydrogen-bond donors (Lipinski definition) is 2. The minimum atomic E-state index is -0.615. The van der Waals surface area contributed by atoms with Crippen LogP contribution in [0.5, 0.6) is 0 Å². The second-order valence-corrected chi connectivity index (χ2v) is 4.14. The number of ether oxygens (including phenoxy) is 2. The lowest BCUT2D eigenvalue weighted by Crippen LogP contribution is -2.35. The van der Waals surface area contributed by atoms with E-state index in [9.17, 15) is 4.79 Å². The Balaban J connectivity index is 0.00000361. The molecule has 0 bridgehead atoms.